The number of carboxylic acids is 1. The molecule has 0 aromatic heterocycles. The topological polar surface area (TPSA) is 132 Å². The molecule has 4 rings (SSSR count). The molecule has 0 saturated carbocycles. The first-order valence-corrected chi connectivity index (χ1v) is 13.8. The number of hydrogen-bond acceptors (Lipinski definition) is 7. The number of nitrogens with one attached hydrogen (secondary N) is 3. The van der Waals surface area contributed by atoms with Gasteiger partial charge in [-0.3, -0.25) is 14.5 Å². The lowest BCUT2D eigenvalue weighted by Gasteiger charge is -2.23. The van der Waals surface area contributed by atoms with Crippen molar-refractivity contribution in [3.05, 3.63) is 95.1 Å². The molecule has 0 aliphatic carbocycles. The molecule has 0 radical (unpaired) electrons. The Bertz CT molecular complexity index is 1420. The van der Waals surface area contributed by atoms with Gasteiger partial charge in [-0.1, -0.05) is 48.5 Å². The van der Waals surface area contributed by atoms with E-state index in [4.69, 9.17) is 4.74 Å². The summed E-state index contributed by atoms with van der Waals surface area (Å²) in [6.07, 6.45) is 1.67. The number of rotatable bonds is 9. The van der Waals surface area contributed by atoms with Crippen LogP contribution in [0.5, 0.6) is 0 Å². The summed E-state index contributed by atoms with van der Waals surface area (Å²) < 4.78 is 5.13. The Balaban J connectivity index is 1.39. The number of amides is 2. The molecule has 2 amide bonds. The van der Waals surface area contributed by atoms with Crippen molar-refractivity contribution in [2.45, 2.75) is 51.8 Å². The van der Waals surface area contributed by atoms with Gasteiger partial charge in [0.25, 0.3) is 5.91 Å². The molecule has 0 bridgehead atoms. The van der Waals surface area contributed by atoms with E-state index in [2.05, 4.69) is 38.2 Å². The maximum Gasteiger partial charge on any atom is 0.428 e. The minimum Gasteiger partial charge on any atom is -0.481 e. The van der Waals surface area contributed by atoms with E-state index in [1.165, 1.54) is 11.8 Å². The van der Waals surface area contributed by atoms with Gasteiger partial charge in [0.2, 0.25) is 0 Å². The van der Waals surface area contributed by atoms with E-state index in [0.717, 1.165) is 29.8 Å². The van der Waals surface area contributed by atoms with Crippen molar-refractivity contribution in [2.75, 3.05) is 23.7 Å². The maximum absolute atomic E-state index is 13.1. The lowest BCUT2D eigenvalue weighted by molar-refractivity contribution is -0.137. The molecule has 1 unspecified atom stereocenters. The number of benzene rings is 3. The van der Waals surface area contributed by atoms with Gasteiger partial charge < -0.3 is 20.5 Å². The molecule has 10 heteroatoms. The second kappa shape index (κ2) is 13.8. The third kappa shape index (κ3) is 9.45. The van der Waals surface area contributed by atoms with Crippen molar-refractivity contribution in [3.63, 3.8) is 0 Å². The minimum absolute atomic E-state index is 0.0271. The number of ether oxygens (including phenoxy) is 1. The number of carbonyl (C=O) groups is 3. The number of carbonyl (C=O) groups excluding carboxylic acids is 2. The van der Waals surface area contributed by atoms with E-state index in [0.29, 0.717) is 24.3 Å². The van der Waals surface area contributed by atoms with Crippen LogP contribution in [0.1, 0.15) is 54.2 Å². The molecule has 1 heterocycles. The van der Waals surface area contributed by atoms with Crippen LogP contribution in [-0.2, 0) is 22.5 Å². The van der Waals surface area contributed by atoms with Gasteiger partial charge in [-0.2, -0.15) is 5.10 Å². The highest BCUT2D eigenvalue weighted by atomic mass is 16.6. The van der Waals surface area contributed by atoms with Crippen LogP contribution in [0.2, 0.25) is 0 Å². The lowest BCUT2D eigenvalue weighted by atomic mass is 10.1. The molecule has 4 N–H and O–H groups in total. The van der Waals surface area contributed by atoms with Gasteiger partial charge >= 0.3 is 12.1 Å². The predicted molar refractivity (Wildman–Crippen MR) is 163 cm³/mol. The molecule has 3 aromatic carbocycles. The van der Waals surface area contributed by atoms with Crippen LogP contribution >= 0.6 is 0 Å². The Kier molecular flexibility index (Phi) is 9.93. The van der Waals surface area contributed by atoms with Crippen molar-refractivity contribution in [2.24, 2.45) is 5.10 Å². The Labute approximate surface area is 245 Å². The van der Waals surface area contributed by atoms with Gasteiger partial charge in [-0.25, -0.2) is 10.2 Å². The van der Waals surface area contributed by atoms with E-state index in [-0.39, 0.29) is 18.4 Å². The molecule has 0 spiro atoms. The molecule has 1 aliphatic rings. The zero-order chi connectivity index (χ0) is 30.1. The van der Waals surface area contributed by atoms with Crippen LogP contribution in [-0.4, -0.2) is 58.9 Å². The minimum atomic E-state index is -0.873. The number of nitrogens with zero attached hydrogens (tertiary/aromatic N) is 2. The molecule has 0 fully saturated rings. The van der Waals surface area contributed by atoms with Gasteiger partial charge in [0, 0.05) is 42.6 Å². The standard InChI is InChI=1S/C32H37N5O5/c1-32(2,3)42-31(41)36-33-19-23-9-13-26(14-10-23)35-30(40)24-11-12-25-20-37(16-15-22-7-5-4-6-8-22)21-27(18-29(38)39)34-28(25)17-24/h4-14,17,19,27,34H,15-16,18,20-21H2,1-3H3,(H,35,40)(H,36,41)(H,38,39). The number of carboxylic acid groups (broad SMARTS) is 1. The summed E-state index contributed by atoms with van der Waals surface area (Å²) in [5.74, 6) is -1.16. The molecule has 220 valence electrons. The monoisotopic (exact) mass is 571 g/mol. The van der Waals surface area contributed by atoms with Crippen molar-refractivity contribution in [3.8, 4) is 0 Å². The SMILES string of the molecule is CC(C)(C)OC(=O)NN=Cc1ccc(NC(=O)c2ccc3c(c2)NC(CC(=O)O)CN(CCc2ccccc2)C3)cc1. The average Bonchev–Trinajstić information content (AvgIpc) is 3.10. The molecular weight excluding hydrogens is 534 g/mol. The summed E-state index contributed by atoms with van der Waals surface area (Å²) in [6.45, 7) is 7.33. The van der Waals surface area contributed by atoms with Crippen molar-refractivity contribution < 1.29 is 24.2 Å². The van der Waals surface area contributed by atoms with Crippen LogP contribution < -0.4 is 16.1 Å². The fraction of sp³-hybridized carbons (Fsp3) is 0.312. The summed E-state index contributed by atoms with van der Waals surface area (Å²) in [4.78, 5) is 38.6. The van der Waals surface area contributed by atoms with E-state index in [1.807, 2.05) is 24.3 Å². The number of hydrazone groups is 1. The fourth-order valence-corrected chi connectivity index (χ4v) is 4.62. The summed E-state index contributed by atoms with van der Waals surface area (Å²) >= 11 is 0. The molecule has 42 heavy (non-hydrogen) atoms. The number of fused-ring (bicyclic) bond motifs is 1. The van der Waals surface area contributed by atoms with Crippen LogP contribution in [0.25, 0.3) is 0 Å². The van der Waals surface area contributed by atoms with E-state index in [1.54, 1.807) is 57.2 Å². The van der Waals surface area contributed by atoms with Gasteiger partial charge in [0.1, 0.15) is 5.60 Å². The largest absolute Gasteiger partial charge is 0.481 e. The third-order valence-corrected chi connectivity index (χ3v) is 6.52. The lowest BCUT2D eigenvalue weighted by Crippen LogP contribution is -2.36. The smallest absolute Gasteiger partial charge is 0.428 e. The predicted octanol–water partition coefficient (Wildman–Crippen LogP) is 5.11. The van der Waals surface area contributed by atoms with Crippen LogP contribution in [0, 0.1) is 0 Å². The second-order valence-corrected chi connectivity index (χ2v) is 11.2. The molecule has 10 nitrogen and oxygen atoms in total. The number of anilines is 2. The first-order valence-electron chi connectivity index (χ1n) is 13.8. The highest BCUT2D eigenvalue weighted by molar-refractivity contribution is 6.05. The quantitative estimate of drug-likeness (QED) is 0.207. The van der Waals surface area contributed by atoms with Gasteiger partial charge in [-0.15, -0.1) is 0 Å². The van der Waals surface area contributed by atoms with Crippen LogP contribution in [0.4, 0.5) is 16.2 Å². The van der Waals surface area contributed by atoms with Gasteiger partial charge in [0.05, 0.1) is 12.6 Å². The van der Waals surface area contributed by atoms with Crippen LogP contribution in [0.3, 0.4) is 0 Å². The Hall–Kier alpha value is -4.70. The van der Waals surface area contributed by atoms with Crippen molar-refractivity contribution in [1.29, 1.82) is 0 Å². The second-order valence-electron chi connectivity index (χ2n) is 11.2. The summed E-state index contributed by atoms with van der Waals surface area (Å²) in [5.41, 5.74) is 6.48. The molecule has 3 aromatic rings. The van der Waals surface area contributed by atoms with Crippen molar-refractivity contribution in [1.82, 2.24) is 10.3 Å². The van der Waals surface area contributed by atoms with E-state index < -0.39 is 17.7 Å². The Morgan fingerprint density at radius 1 is 1.07 bits per heavy atom. The summed E-state index contributed by atoms with van der Waals surface area (Å²) in [5, 5.41) is 19.6. The van der Waals surface area contributed by atoms with Gasteiger partial charge in [0.15, 0.2) is 0 Å². The van der Waals surface area contributed by atoms with E-state index >= 15 is 0 Å². The molecule has 0 saturated heterocycles. The number of hydrogen-bond donors (Lipinski definition) is 4. The number of aliphatic carboxylic acids is 1. The Morgan fingerprint density at radius 2 is 1.81 bits per heavy atom. The van der Waals surface area contributed by atoms with Gasteiger partial charge in [-0.05, 0) is 68.1 Å². The highest BCUT2D eigenvalue weighted by Crippen LogP contribution is 2.26. The first-order chi connectivity index (χ1) is 20.0. The zero-order valence-corrected chi connectivity index (χ0v) is 24.1. The highest BCUT2D eigenvalue weighted by Gasteiger charge is 2.24. The fourth-order valence-electron chi connectivity index (χ4n) is 4.62. The Morgan fingerprint density at radius 3 is 2.50 bits per heavy atom. The summed E-state index contributed by atoms with van der Waals surface area (Å²) in [7, 11) is 0. The van der Waals surface area contributed by atoms with Crippen molar-refractivity contribution >= 4 is 35.6 Å². The normalized spacial score (nSPS) is 15.3. The third-order valence-electron chi connectivity index (χ3n) is 6.52. The average molecular weight is 572 g/mol. The molecule has 1 aliphatic heterocycles. The molecular formula is C32H37N5O5. The zero-order valence-electron chi connectivity index (χ0n) is 24.1. The summed E-state index contributed by atoms with van der Waals surface area (Å²) in [6, 6.07) is 22.4. The maximum atomic E-state index is 13.1. The molecule has 1 atom stereocenters. The van der Waals surface area contributed by atoms with E-state index in [9.17, 15) is 19.5 Å². The van der Waals surface area contributed by atoms with Crippen LogP contribution in [0.15, 0.2) is 77.9 Å². The first kappa shape index (κ1) is 30.3.